The Labute approximate surface area is 83.0 Å². The van der Waals surface area contributed by atoms with Crippen LogP contribution in [0.15, 0.2) is 37.0 Å². The van der Waals surface area contributed by atoms with Gasteiger partial charge in [-0.2, -0.15) is 0 Å². The lowest BCUT2D eigenvalue weighted by Crippen LogP contribution is -2.10. The fourth-order valence-corrected chi connectivity index (χ4v) is 2.01. The molecule has 1 rings (SSSR count). The first-order chi connectivity index (χ1) is 6.29. The van der Waals surface area contributed by atoms with Gasteiger partial charge in [0.2, 0.25) is 0 Å². The Morgan fingerprint density at radius 2 is 2.08 bits per heavy atom. The molecule has 1 aliphatic rings. The molecule has 0 aromatic carbocycles. The van der Waals surface area contributed by atoms with E-state index in [1.54, 1.807) is 0 Å². The van der Waals surface area contributed by atoms with Crippen molar-refractivity contribution < 1.29 is 0 Å². The van der Waals surface area contributed by atoms with Crippen LogP contribution in [0.2, 0.25) is 0 Å². The Morgan fingerprint density at radius 1 is 1.46 bits per heavy atom. The summed E-state index contributed by atoms with van der Waals surface area (Å²) in [5.74, 6) is 0.807. The molecule has 0 radical (unpaired) electrons. The first-order valence-electron chi connectivity index (χ1n) is 5.14. The van der Waals surface area contributed by atoms with Gasteiger partial charge < -0.3 is 0 Å². The quantitative estimate of drug-likeness (QED) is 0.518. The molecular formula is C13H22. The minimum Gasteiger partial charge on any atom is -0.106 e. The van der Waals surface area contributed by atoms with E-state index in [2.05, 4.69) is 39.7 Å². The predicted molar refractivity (Wildman–Crippen MR) is 61.8 cm³/mol. The summed E-state index contributed by atoms with van der Waals surface area (Å²) >= 11 is 0. The van der Waals surface area contributed by atoms with Gasteiger partial charge in [-0.05, 0) is 44.1 Å². The van der Waals surface area contributed by atoms with Crippen LogP contribution in [0.5, 0.6) is 0 Å². The number of rotatable bonds is 1. The lowest BCUT2D eigenvalue weighted by molar-refractivity contribution is 0.488. The molecule has 0 nitrogen and oxygen atoms in total. The molecule has 0 spiro atoms. The van der Waals surface area contributed by atoms with E-state index < -0.39 is 0 Å². The molecule has 0 N–H and O–H groups in total. The second-order valence-electron chi connectivity index (χ2n) is 3.34. The number of allylic oxidation sites excluding steroid dienone is 3. The second kappa shape index (κ2) is 6.71. The predicted octanol–water partition coefficient (Wildman–Crippen LogP) is 4.50. The summed E-state index contributed by atoms with van der Waals surface area (Å²) in [7, 11) is 0. The smallest absolute Gasteiger partial charge is 0.0165 e. The first-order valence-corrected chi connectivity index (χ1v) is 5.14. The van der Waals surface area contributed by atoms with Gasteiger partial charge in [0, 0.05) is 0 Å². The number of hydrogen-bond acceptors (Lipinski definition) is 0. The second-order valence-corrected chi connectivity index (χ2v) is 3.34. The maximum Gasteiger partial charge on any atom is -0.0165 e. The third-order valence-corrected chi connectivity index (χ3v) is 2.68. The highest BCUT2D eigenvalue weighted by Crippen LogP contribution is 2.34. The average Bonchev–Trinajstić information content (AvgIpc) is 2.20. The van der Waals surface area contributed by atoms with Crippen molar-refractivity contribution in [3.8, 4) is 0 Å². The van der Waals surface area contributed by atoms with Crippen molar-refractivity contribution in [2.75, 3.05) is 0 Å². The third-order valence-electron chi connectivity index (χ3n) is 2.68. The zero-order valence-electron chi connectivity index (χ0n) is 9.10. The third kappa shape index (κ3) is 3.22. The molecule has 0 aliphatic heterocycles. The van der Waals surface area contributed by atoms with Crippen LogP contribution in [-0.4, -0.2) is 0 Å². The van der Waals surface area contributed by atoms with Crippen LogP contribution in [0.1, 0.15) is 39.5 Å². The van der Waals surface area contributed by atoms with E-state index >= 15 is 0 Å². The molecule has 74 valence electrons. The largest absolute Gasteiger partial charge is 0.106 e. The Balaban J connectivity index is 0.000000671. The monoisotopic (exact) mass is 178 g/mol. The van der Waals surface area contributed by atoms with Crippen molar-refractivity contribution in [2.45, 2.75) is 39.5 Å². The molecular weight excluding hydrogens is 156 g/mol. The van der Waals surface area contributed by atoms with Crippen molar-refractivity contribution >= 4 is 0 Å². The van der Waals surface area contributed by atoms with Crippen LogP contribution in [0.4, 0.5) is 0 Å². The van der Waals surface area contributed by atoms with E-state index in [0.717, 1.165) is 5.92 Å². The van der Waals surface area contributed by atoms with Gasteiger partial charge >= 0.3 is 0 Å². The fourth-order valence-electron chi connectivity index (χ4n) is 2.01. The van der Waals surface area contributed by atoms with Gasteiger partial charge in [-0.25, -0.2) is 0 Å². The van der Waals surface area contributed by atoms with E-state index in [1.165, 1.54) is 36.8 Å². The van der Waals surface area contributed by atoms with Crippen LogP contribution >= 0.6 is 0 Å². The summed E-state index contributed by atoms with van der Waals surface area (Å²) in [5.41, 5.74) is 2.91. The van der Waals surface area contributed by atoms with Gasteiger partial charge in [-0.3, -0.25) is 0 Å². The zero-order chi connectivity index (χ0) is 10.3. The van der Waals surface area contributed by atoms with Gasteiger partial charge in [-0.1, -0.05) is 25.2 Å². The highest BCUT2D eigenvalue weighted by molar-refractivity contribution is 5.31. The van der Waals surface area contributed by atoms with E-state index in [0.29, 0.717) is 0 Å². The van der Waals surface area contributed by atoms with Gasteiger partial charge in [0.25, 0.3) is 0 Å². The van der Waals surface area contributed by atoms with E-state index in [4.69, 9.17) is 0 Å². The summed E-state index contributed by atoms with van der Waals surface area (Å²) in [6.45, 7) is 14.5. The minimum atomic E-state index is 0.807. The maximum absolute atomic E-state index is 4.10. The molecule has 0 saturated heterocycles. The molecule has 0 amide bonds. The standard InChI is InChI=1S/C11H18.C2H4/c1-4-10-8-6-7-9(3)11(10)5-2;1-2/h5,10H,3-4,6-8H2,1-2H3;1-2H2/b11-5+;. The molecule has 0 heteroatoms. The van der Waals surface area contributed by atoms with E-state index in [1.807, 2.05) is 0 Å². The maximum atomic E-state index is 4.10. The molecule has 13 heavy (non-hydrogen) atoms. The Hall–Kier alpha value is -0.780. The molecule has 1 fully saturated rings. The summed E-state index contributed by atoms with van der Waals surface area (Å²) in [5, 5.41) is 0. The van der Waals surface area contributed by atoms with Gasteiger partial charge in [0.05, 0.1) is 0 Å². The molecule has 1 saturated carbocycles. The minimum absolute atomic E-state index is 0.807. The van der Waals surface area contributed by atoms with Crippen LogP contribution < -0.4 is 0 Å². The summed E-state index contributed by atoms with van der Waals surface area (Å²) in [6.07, 6.45) is 7.45. The molecule has 0 aromatic rings. The first kappa shape index (κ1) is 12.2. The van der Waals surface area contributed by atoms with Crippen LogP contribution in [-0.2, 0) is 0 Å². The van der Waals surface area contributed by atoms with Gasteiger partial charge in [0.15, 0.2) is 0 Å². The zero-order valence-corrected chi connectivity index (χ0v) is 9.10. The fraction of sp³-hybridized carbons (Fsp3) is 0.538. The van der Waals surface area contributed by atoms with Crippen molar-refractivity contribution in [2.24, 2.45) is 5.92 Å². The summed E-state index contributed by atoms with van der Waals surface area (Å²) in [4.78, 5) is 0. The highest BCUT2D eigenvalue weighted by atomic mass is 14.2. The van der Waals surface area contributed by atoms with Crippen molar-refractivity contribution in [3.63, 3.8) is 0 Å². The Kier molecular flexibility index (Phi) is 6.30. The highest BCUT2D eigenvalue weighted by Gasteiger charge is 2.18. The topological polar surface area (TPSA) is 0 Å². The van der Waals surface area contributed by atoms with E-state index in [-0.39, 0.29) is 0 Å². The van der Waals surface area contributed by atoms with Gasteiger partial charge in [0.1, 0.15) is 0 Å². The van der Waals surface area contributed by atoms with Crippen molar-refractivity contribution in [1.29, 1.82) is 0 Å². The lowest BCUT2D eigenvalue weighted by atomic mass is 9.80. The molecule has 1 atom stereocenters. The van der Waals surface area contributed by atoms with Crippen LogP contribution in [0.25, 0.3) is 0 Å². The SMILES string of the molecule is C=C.C=C1CCCC(CC)/C1=C/C. The Morgan fingerprint density at radius 3 is 2.46 bits per heavy atom. The van der Waals surface area contributed by atoms with Crippen molar-refractivity contribution in [1.82, 2.24) is 0 Å². The molecule has 0 bridgehead atoms. The average molecular weight is 178 g/mol. The van der Waals surface area contributed by atoms with Crippen molar-refractivity contribution in [3.05, 3.63) is 37.0 Å². The van der Waals surface area contributed by atoms with E-state index in [9.17, 15) is 0 Å². The summed E-state index contributed by atoms with van der Waals surface area (Å²) < 4.78 is 0. The Bertz CT molecular complexity index is 186. The molecule has 1 aliphatic carbocycles. The van der Waals surface area contributed by atoms with Crippen LogP contribution in [0.3, 0.4) is 0 Å². The molecule has 0 aromatic heterocycles. The van der Waals surface area contributed by atoms with Gasteiger partial charge in [-0.15, -0.1) is 13.2 Å². The molecule has 0 heterocycles. The number of hydrogen-bond donors (Lipinski definition) is 0. The summed E-state index contributed by atoms with van der Waals surface area (Å²) in [6, 6.07) is 0. The normalized spacial score (nSPS) is 25.2. The van der Waals surface area contributed by atoms with Crippen LogP contribution in [0, 0.1) is 5.92 Å². The lowest BCUT2D eigenvalue weighted by Gasteiger charge is -2.26. The molecule has 1 unspecified atom stereocenters.